The smallest absolute Gasteiger partial charge is 0.126 e. The molecule has 122 valence electrons. The highest BCUT2D eigenvalue weighted by atomic mass is 16.3. The van der Waals surface area contributed by atoms with Crippen molar-refractivity contribution >= 4 is 5.82 Å². The second kappa shape index (κ2) is 7.57. The first-order chi connectivity index (χ1) is 11.3. The van der Waals surface area contributed by atoms with Crippen LogP contribution in [0.25, 0.3) is 0 Å². The first-order valence-electron chi connectivity index (χ1n) is 8.34. The lowest BCUT2D eigenvalue weighted by molar-refractivity contribution is 0.153. The zero-order valence-corrected chi connectivity index (χ0v) is 13.7. The van der Waals surface area contributed by atoms with E-state index in [0.29, 0.717) is 6.04 Å². The van der Waals surface area contributed by atoms with Gasteiger partial charge in [-0.3, -0.25) is 4.90 Å². The molecule has 0 unspecified atom stereocenters. The van der Waals surface area contributed by atoms with E-state index in [1.54, 1.807) is 0 Å². The van der Waals surface area contributed by atoms with Crippen LogP contribution >= 0.6 is 0 Å². The molecule has 1 aliphatic heterocycles. The van der Waals surface area contributed by atoms with E-state index < -0.39 is 0 Å². The van der Waals surface area contributed by atoms with Gasteiger partial charge in [-0.05, 0) is 55.1 Å². The highest BCUT2D eigenvalue weighted by molar-refractivity contribution is 5.39. The Kier molecular flexibility index (Phi) is 5.26. The Balaban J connectivity index is 1.68. The molecule has 0 bridgehead atoms. The van der Waals surface area contributed by atoms with Gasteiger partial charge < -0.3 is 10.4 Å². The second-order valence-corrected chi connectivity index (χ2v) is 6.29. The van der Waals surface area contributed by atoms with Gasteiger partial charge in [-0.15, -0.1) is 0 Å². The van der Waals surface area contributed by atoms with Gasteiger partial charge in [0.1, 0.15) is 5.82 Å². The van der Waals surface area contributed by atoms with E-state index in [1.807, 2.05) is 12.3 Å². The van der Waals surface area contributed by atoms with E-state index in [4.69, 9.17) is 0 Å². The molecule has 1 saturated heterocycles. The average Bonchev–Trinajstić information content (AvgIpc) is 3.01. The molecule has 0 amide bonds. The minimum Gasteiger partial charge on any atom is -0.395 e. The number of aliphatic hydroxyl groups is 1. The zero-order valence-electron chi connectivity index (χ0n) is 13.7. The highest BCUT2D eigenvalue weighted by Gasteiger charge is 2.24. The van der Waals surface area contributed by atoms with Crippen LogP contribution in [0, 0.1) is 6.92 Å². The molecular weight excluding hydrogens is 286 g/mol. The molecule has 2 N–H and O–H groups in total. The van der Waals surface area contributed by atoms with Gasteiger partial charge in [-0.2, -0.15) is 0 Å². The monoisotopic (exact) mass is 311 g/mol. The standard InChI is InChI=1S/C19H25N3O/c1-15-8-9-20-19(11-15)21-12-16-5-2-3-6-17(16)13-22-10-4-7-18(22)14-23/h2-3,5-6,8-9,11,18,23H,4,7,10,12-14H2,1H3,(H,20,21)/t18-/m1/s1. The van der Waals surface area contributed by atoms with Crippen LogP contribution in [-0.4, -0.2) is 34.2 Å². The first kappa shape index (κ1) is 16.0. The SMILES string of the molecule is Cc1ccnc(NCc2ccccc2CN2CCC[C@@H]2CO)c1. The number of nitrogens with one attached hydrogen (secondary N) is 1. The Morgan fingerprint density at radius 3 is 2.87 bits per heavy atom. The fourth-order valence-electron chi connectivity index (χ4n) is 3.23. The number of benzene rings is 1. The molecule has 2 aromatic rings. The minimum atomic E-state index is 0.258. The van der Waals surface area contributed by atoms with E-state index >= 15 is 0 Å². The van der Waals surface area contributed by atoms with Crippen molar-refractivity contribution in [3.63, 3.8) is 0 Å². The Labute approximate surface area is 138 Å². The van der Waals surface area contributed by atoms with E-state index in [1.165, 1.54) is 23.1 Å². The van der Waals surface area contributed by atoms with Crippen LogP contribution in [0.2, 0.25) is 0 Å². The molecular formula is C19H25N3O. The number of pyridine rings is 1. The minimum absolute atomic E-state index is 0.258. The van der Waals surface area contributed by atoms with Crippen LogP contribution < -0.4 is 5.32 Å². The second-order valence-electron chi connectivity index (χ2n) is 6.29. The largest absolute Gasteiger partial charge is 0.395 e. The van der Waals surface area contributed by atoms with Crippen molar-refractivity contribution < 1.29 is 5.11 Å². The van der Waals surface area contributed by atoms with Crippen molar-refractivity contribution in [3.8, 4) is 0 Å². The van der Waals surface area contributed by atoms with Gasteiger partial charge in [0.05, 0.1) is 6.61 Å². The predicted octanol–water partition coefficient (Wildman–Crippen LogP) is 2.96. The molecule has 4 nitrogen and oxygen atoms in total. The lowest BCUT2D eigenvalue weighted by atomic mass is 10.1. The topological polar surface area (TPSA) is 48.4 Å². The van der Waals surface area contributed by atoms with Crippen LogP contribution in [-0.2, 0) is 13.1 Å². The summed E-state index contributed by atoms with van der Waals surface area (Å²) in [6.07, 6.45) is 4.11. The van der Waals surface area contributed by atoms with E-state index in [-0.39, 0.29) is 6.61 Å². The summed E-state index contributed by atoms with van der Waals surface area (Å²) in [4.78, 5) is 6.75. The maximum absolute atomic E-state index is 9.50. The molecule has 3 rings (SSSR count). The van der Waals surface area contributed by atoms with Crippen molar-refractivity contribution in [1.82, 2.24) is 9.88 Å². The molecule has 1 atom stereocenters. The Morgan fingerprint density at radius 2 is 2.09 bits per heavy atom. The molecule has 1 fully saturated rings. The Hall–Kier alpha value is -1.91. The fourth-order valence-corrected chi connectivity index (χ4v) is 3.23. The normalized spacial score (nSPS) is 18.3. The Morgan fingerprint density at radius 1 is 1.26 bits per heavy atom. The number of aryl methyl sites for hydroxylation is 1. The summed E-state index contributed by atoms with van der Waals surface area (Å²) in [5, 5.41) is 12.9. The number of anilines is 1. The molecule has 1 aliphatic rings. The third kappa shape index (κ3) is 4.09. The lowest BCUT2D eigenvalue weighted by Crippen LogP contribution is -2.32. The highest BCUT2D eigenvalue weighted by Crippen LogP contribution is 2.21. The number of rotatable bonds is 6. The van der Waals surface area contributed by atoms with Gasteiger partial charge in [0, 0.05) is 25.3 Å². The molecule has 0 radical (unpaired) electrons. The van der Waals surface area contributed by atoms with Crippen LogP contribution in [0.15, 0.2) is 42.6 Å². The van der Waals surface area contributed by atoms with Crippen molar-refractivity contribution in [3.05, 3.63) is 59.3 Å². The van der Waals surface area contributed by atoms with Gasteiger partial charge >= 0.3 is 0 Å². The summed E-state index contributed by atoms with van der Waals surface area (Å²) in [6.45, 7) is 5.08. The summed E-state index contributed by atoms with van der Waals surface area (Å²) in [7, 11) is 0. The average molecular weight is 311 g/mol. The zero-order chi connectivity index (χ0) is 16.1. The number of nitrogens with zero attached hydrogens (tertiary/aromatic N) is 2. The maximum Gasteiger partial charge on any atom is 0.126 e. The number of likely N-dealkylation sites (tertiary alicyclic amines) is 1. The van der Waals surface area contributed by atoms with Crippen molar-refractivity contribution in [2.45, 2.75) is 38.9 Å². The number of aliphatic hydroxyl groups excluding tert-OH is 1. The quantitative estimate of drug-likeness (QED) is 0.861. The van der Waals surface area contributed by atoms with Gasteiger partial charge in [0.15, 0.2) is 0 Å². The summed E-state index contributed by atoms with van der Waals surface area (Å²) in [6, 6.07) is 12.9. The molecule has 23 heavy (non-hydrogen) atoms. The van der Waals surface area contributed by atoms with Crippen molar-refractivity contribution in [2.75, 3.05) is 18.5 Å². The maximum atomic E-state index is 9.50. The van der Waals surface area contributed by atoms with Crippen LogP contribution in [0.3, 0.4) is 0 Å². The van der Waals surface area contributed by atoms with Crippen molar-refractivity contribution in [1.29, 1.82) is 0 Å². The molecule has 0 saturated carbocycles. The Bertz CT molecular complexity index is 644. The number of hydrogen-bond acceptors (Lipinski definition) is 4. The fraction of sp³-hybridized carbons (Fsp3) is 0.421. The summed E-state index contributed by atoms with van der Waals surface area (Å²) in [5.74, 6) is 0.911. The van der Waals surface area contributed by atoms with E-state index in [9.17, 15) is 5.11 Å². The molecule has 1 aromatic heterocycles. The summed E-state index contributed by atoms with van der Waals surface area (Å²) < 4.78 is 0. The molecule has 0 spiro atoms. The predicted molar refractivity (Wildman–Crippen MR) is 93.3 cm³/mol. The van der Waals surface area contributed by atoms with Gasteiger partial charge in [0.25, 0.3) is 0 Å². The molecule has 0 aliphatic carbocycles. The van der Waals surface area contributed by atoms with Crippen LogP contribution in [0.4, 0.5) is 5.82 Å². The summed E-state index contributed by atoms with van der Waals surface area (Å²) >= 11 is 0. The van der Waals surface area contributed by atoms with Gasteiger partial charge in [-0.1, -0.05) is 24.3 Å². The van der Waals surface area contributed by atoms with Gasteiger partial charge in [-0.25, -0.2) is 4.98 Å². The van der Waals surface area contributed by atoms with E-state index in [0.717, 1.165) is 31.9 Å². The third-order valence-corrected chi connectivity index (χ3v) is 4.58. The van der Waals surface area contributed by atoms with Crippen molar-refractivity contribution in [2.24, 2.45) is 0 Å². The summed E-state index contributed by atoms with van der Waals surface area (Å²) in [5.41, 5.74) is 3.83. The number of hydrogen-bond donors (Lipinski definition) is 2. The third-order valence-electron chi connectivity index (χ3n) is 4.58. The van der Waals surface area contributed by atoms with E-state index in [2.05, 4.69) is 52.5 Å². The van der Waals surface area contributed by atoms with Crippen LogP contribution in [0.1, 0.15) is 29.5 Å². The van der Waals surface area contributed by atoms with Gasteiger partial charge in [0.2, 0.25) is 0 Å². The number of aromatic nitrogens is 1. The lowest BCUT2D eigenvalue weighted by Gasteiger charge is -2.24. The van der Waals surface area contributed by atoms with Crippen LogP contribution in [0.5, 0.6) is 0 Å². The molecule has 2 heterocycles. The first-order valence-corrected chi connectivity index (χ1v) is 8.34. The molecule has 1 aromatic carbocycles. The molecule has 4 heteroatoms.